The van der Waals surface area contributed by atoms with Gasteiger partial charge in [-0.05, 0) is 62.3 Å². The lowest BCUT2D eigenvalue weighted by Gasteiger charge is -2.38. The Morgan fingerprint density at radius 1 is 1.07 bits per heavy atom. The molecule has 1 saturated heterocycles. The van der Waals surface area contributed by atoms with E-state index in [-0.39, 0.29) is 18.6 Å². The Morgan fingerprint density at radius 2 is 1.90 bits per heavy atom. The summed E-state index contributed by atoms with van der Waals surface area (Å²) in [5.41, 5.74) is 2.75. The number of hydrogen-bond acceptors (Lipinski definition) is 8. The van der Waals surface area contributed by atoms with Crippen molar-refractivity contribution in [2.75, 3.05) is 31.6 Å². The molecule has 2 aliphatic rings. The smallest absolute Gasteiger partial charge is 0.251 e. The normalized spacial score (nSPS) is 17.9. The third kappa shape index (κ3) is 5.15. The Labute approximate surface area is 232 Å². The first-order chi connectivity index (χ1) is 19.7. The molecule has 10 nitrogen and oxygen atoms in total. The van der Waals surface area contributed by atoms with Crippen molar-refractivity contribution in [3.63, 3.8) is 0 Å². The van der Waals surface area contributed by atoms with Crippen molar-refractivity contribution in [1.82, 2.24) is 30.4 Å². The topological polar surface area (TPSA) is 126 Å². The number of aromatic nitrogens is 4. The first-order valence-electron chi connectivity index (χ1n) is 13.7. The second-order valence-electron chi connectivity index (χ2n) is 10.2. The van der Waals surface area contributed by atoms with E-state index in [9.17, 15) is 9.90 Å². The van der Waals surface area contributed by atoms with E-state index in [4.69, 9.17) is 4.74 Å². The molecule has 1 fully saturated rings. The fourth-order valence-electron chi connectivity index (χ4n) is 5.69. The molecule has 4 heterocycles. The van der Waals surface area contributed by atoms with Gasteiger partial charge in [-0.15, -0.1) is 10.2 Å². The van der Waals surface area contributed by atoms with Gasteiger partial charge in [-0.2, -0.15) is 0 Å². The van der Waals surface area contributed by atoms with Gasteiger partial charge in [0.1, 0.15) is 11.3 Å². The Bertz CT molecular complexity index is 1470. The lowest BCUT2D eigenvalue weighted by molar-refractivity contribution is 0.0924. The van der Waals surface area contributed by atoms with E-state index in [2.05, 4.69) is 31.1 Å². The van der Waals surface area contributed by atoms with Crippen LogP contribution in [-0.2, 0) is 12.1 Å². The van der Waals surface area contributed by atoms with Gasteiger partial charge < -0.3 is 30.4 Å². The van der Waals surface area contributed by atoms with Crippen LogP contribution in [0.3, 0.4) is 0 Å². The number of hydrogen-bond donors (Lipinski definition) is 4. The summed E-state index contributed by atoms with van der Waals surface area (Å²) in [6.45, 7) is 2.49. The number of nitrogens with zero attached hydrogens (tertiary/aromatic N) is 4. The highest BCUT2D eigenvalue weighted by Crippen LogP contribution is 2.36. The third-order valence-corrected chi connectivity index (χ3v) is 7.67. The first-order valence-corrected chi connectivity index (χ1v) is 13.7. The molecule has 1 amide bonds. The van der Waals surface area contributed by atoms with Crippen molar-refractivity contribution in [2.24, 2.45) is 0 Å². The van der Waals surface area contributed by atoms with Crippen LogP contribution in [0.15, 0.2) is 73.1 Å². The number of aliphatic hydroxyl groups excluding tert-OH is 1. The maximum Gasteiger partial charge on any atom is 0.251 e. The minimum atomic E-state index is -0.534. The minimum absolute atomic E-state index is 0.0392. The molecule has 206 valence electrons. The molecule has 2 aromatic carbocycles. The van der Waals surface area contributed by atoms with Gasteiger partial charge in [0.15, 0.2) is 11.6 Å². The van der Waals surface area contributed by atoms with Gasteiger partial charge in [0.25, 0.3) is 5.91 Å². The summed E-state index contributed by atoms with van der Waals surface area (Å²) in [5, 5.41) is 29.5. The van der Waals surface area contributed by atoms with Crippen LogP contribution in [0.4, 0.5) is 5.69 Å². The first kappa shape index (κ1) is 26.0. The van der Waals surface area contributed by atoms with Crippen LogP contribution in [0.2, 0.25) is 0 Å². The summed E-state index contributed by atoms with van der Waals surface area (Å²) in [6.07, 6.45) is 5.70. The quantitative estimate of drug-likeness (QED) is 0.269. The maximum absolute atomic E-state index is 13.4. The van der Waals surface area contributed by atoms with Crippen molar-refractivity contribution in [3.05, 3.63) is 90.0 Å². The fraction of sp³-hybridized carbons (Fsp3) is 0.333. The monoisotopic (exact) mass is 539 g/mol. The van der Waals surface area contributed by atoms with Crippen LogP contribution >= 0.6 is 0 Å². The number of rotatable bonds is 8. The molecule has 0 unspecified atom stereocenters. The Balaban J connectivity index is 1.29. The average Bonchev–Trinajstić information content (AvgIpc) is 3.43. The third-order valence-electron chi connectivity index (χ3n) is 7.67. The highest BCUT2D eigenvalue weighted by molar-refractivity contribution is 5.95. The molecular weight excluding hydrogens is 506 g/mol. The zero-order valence-electron chi connectivity index (χ0n) is 22.2. The van der Waals surface area contributed by atoms with Gasteiger partial charge >= 0.3 is 0 Å². The summed E-state index contributed by atoms with van der Waals surface area (Å²) in [6, 6.07) is 19.1. The van der Waals surface area contributed by atoms with E-state index in [1.807, 2.05) is 65.2 Å². The van der Waals surface area contributed by atoms with Gasteiger partial charge in [0.2, 0.25) is 0 Å². The standard InChI is InChI=1S/C30H33N7O3/c38-18-17-37-27(21-8-13-31-14-9-21)35-36-29(37)30(11-15-32-16-12-30)34-23-5-3-4-22(20-23)28(39)33-25-10-19-40-26-7-2-1-6-24(25)26/h1-9,13-14,20,25,32,34,38H,10-12,15-19H2,(H,33,39)/t25-/m0/s1. The van der Waals surface area contributed by atoms with Crippen LogP contribution in [0.1, 0.15) is 47.1 Å². The summed E-state index contributed by atoms with van der Waals surface area (Å²) in [5.74, 6) is 2.15. The number of piperidine rings is 1. The molecule has 0 saturated carbocycles. The summed E-state index contributed by atoms with van der Waals surface area (Å²) in [7, 11) is 0. The number of anilines is 1. The van der Waals surface area contributed by atoms with E-state index in [1.165, 1.54) is 0 Å². The van der Waals surface area contributed by atoms with E-state index >= 15 is 0 Å². The lowest BCUT2D eigenvalue weighted by atomic mass is 9.86. The number of aliphatic hydroxyl groups is 1. The number of carbonyl (C=O) groups excluding carboxylic acids is 1. The number of ether oxygens (including phenoxy) is 1. The van der Waals surface area contributed by atoms with Crippen molar-refractivity contribution < 1.29 is 14.6 Å². The minimum Gasteiger partial charge on any atom is -0.493 e. The summed E-state index contributed by atoms with van der Waals surface area (Å²) < 4.78 is 7.75. The number of fused-ring (bicyclic) bond motifs is 1. The molecule has 2 aromatic heterocycles. The number of carbonyl (C=O) groups is 1. The Kier molecular flexibility index (Phi) is 7.43. The van der Waals surface area contributed by atoms with Gasteiger partial charge in [-0.1, -0.05) is 24.3 Å². The lowest BCUT2D eigenvalue weighted by Crippen LogP contribution is -2.47. The van der Waals surface area contributed by atoms with Crippen LogP contribution in [-0.4, -0.2) is 57.1 Å². The summed E-state index contributed by atoms with van der Waals surface area (Å²) in [4.78, 5) is 17.5. The largest absolute Gasteiger partial charge is 0.493 e. The number of pyridine rings is 1. The number of para-hydroxylation sites is 1. The Morgan fingerprint density at radius 3 is 2.73 bits per heavy atom. The zero-order chi connectivity index (χ0) is 27.4. The molecule has 0 aliphatic carbocycles. The molecule has 4 N–H and O–H groups in total. The van der Waals surface area contributed by atoms with E-state index in [0.717, 1.165) is 60.7 Å². The van der Waals surface area contributed by atoms with Crippen LogP contribution in [0.25, 0.3) is 11.4 Å². The predicted octanol–water partition coefficient (Wildman–Crippen LogP) is 3.28. The van der Waals surface area contributed by atoms with Crippen molar-refractivity contribution in [2.45, 2.75) is 37.4 Å². The molecule has 0 bridgehead atoms. The maximum atomic E-state index is 13.4. The van der Waals surface area contributed by atoms with Gasteiger partial charge in [-0.25, -0.2) is 0 Å². The number of nitrogens with one attached hydrogen (secondary N) is 3. The van der Waals surface area contributed by atoms with Crippen molar-refractivity contribution in [1.29, 1.82) is 0 Å². The molecule has 2 aliphatic heterocycles. The van der Waals surface area contributed by atoms with Gasteiger partial charge in [0, 0.05) is 47.7 Å². The van der Waals surface area contributed by atoms with Crippen LogP contribution in [0, 0.1) is 0 Å². The Hall–Kier alpha value is -4.28. The molecular formula is C30H33N7O3. The zero-order valence-corrected chi connectivity index (χ0v) is 22.2. The van der Waals surface area contributed by atoms with Crippen LogP contribution < -0.4 is 20.7 Å². The van der Waals surface area contributed by atoms with Crippen molar-refractivity contribution >= 4 is 11.6 Å². The summed E-state index contributed by atoms with van der Waals surface area (Å²) >= 11 is 0. The number of benzene rings is 2. The second-order valence-corrected chi connectivity index (χ2v) is 10.2. The highest BCUT2D eigenvalue weighted by atomic mass is 16.5. The highest BCUT2D eigenvalue weighted by Gasteiger charge is 2.39. The molecule has 0 radical (unpaired) electrons. The number of amides is 1. The van der Waals surface area contributed by atoms with Gasteiger partial charge in [-0.3, -0.25) is 9.78 Å². The van der Waals surface area contributed by atoms with Gasteiger partial charge in [0.05, 0.1) is 19.3 Å². The predicted molar refractivity (Wildman–Crippen MR) is 151 cm³/mol. The molecule has 4 aromatic rings. The van der Waals surface area contributed by atoms with Crippen molar-refractivity contribution in [3.8, 4) is 17.1 Å². The van der Waals surface area contributed by atoms with E-state index in [0.29, 0.717) is 24.5 Å². The van der Waals surface area contributed by atoms with E-state index < -0.39 is 5.54 Å². The van der Waals surface area contributed by atoms with Crippen LogP contribution in [0.5, 0.6) is 5.75 Å². The molecule has 6 rings (SSSR count). The second kappa shape index (κ2) is 11.4. The molecule has 0 spiro atoms. The fourth-order valence-corrected chi connectivity index (χ4v) is 5.69. The van der Waals surface area contributed by atoms with E-state index in [1.54, 1.807) is 12.4 Å². The average molecular weight is 540 g/mol. The molecule has 10 heteroatoms. The SMILES string of the molecule is O=C(N[C@H]1CCOc2ccccc21)c1cccc(NC2(c3nnc(-c4ccncc4)n3CCO)CCNCC2)c1. The molecule has 1 atom stereocenters. The molecule has 40 heavy (non-hydrogen) atoms.